The van der Waals surface area contributed by atoms with Crippen LogP contribution in [0.4, 0.5) is 0 Å². The Balaban J connectivity index is 1.87. The second-order valence-electron chi connectivity index (χ2n) is 8.63. The van der Waals surface area contributed by atoms with E-state index in [2.05, 4.69) is 0 Å². The summed E-state index contributed by atoms with van der Waals surface area (Å²) in [6, 6.07) is 0. The fourth-order valence-corrected chi connectivity index (χ4v) is 4.36. The molecule has 0 bridgehead atoms. The third-order valence-electron chi connectivity index (χ3n) is 6.55. The van der Waals surface area contributed by atoms with E-state index in [1.807, 2.05) is 0 Å². The Hall–Kier alpha value is -0.600. The van der Waals surface area contributed by atoms with Gasteiger partial charge in [-0.1, -0.05) is 6.92 Å². The first-order valence-corrected chi connectivity index (χ1v) is 10.9. The molecule has 3 aliphatic heterocycles. The highest BCUT2D eigenvalue weighted by atomic mass is 16.8. The van der Waals surface area contributed by atoms with Gasteiger partial charge in [-0.2, -0.15) is 0 Å². The number of hydrogen-bond acceptors (Lipinski definition) is 15. The maximum atomic E-state index is 10.7. The molecule has 3 heterocycles. The zero-order valence-corrected chi connectivity index (χ0v) is 18.4. The minimum atomic E-state index is -2.38. The second-order valence-corrected chi connectivity index (χ2v) is 8.63. The molecule has 3 rings (SSSR count). The quantitative estimate of drug-likeness (QED) is 0.141. The van der Waals surface area contributed by atoms with Gasteiger partial charge in [0, 0.05) is 6.42 Å². The van der Waals surface area contributed by atoms with Crippen molar-refractivity contribution in [2.24, 2.45) is 0 Å². The van der Waals surface area contributed by atoms with Crippen LogP contribution in [0.1, 0.15) is 13.3 Å². The van der Waals surface area contributed by atoms with Crippen molar-refractivity contribution in [1.29, 1.82) is 0 Å². The Bertz CT molecular complexity index is 668. The molecule has 0 saturated carbocycles. The normalized spacial score (nSPS) is 51.8. The van der Waals surface area contributed by atoms with Gasteiger partial charge in [-0.15, -0.1) is 0 Å². The van der Waals surface area contributed by atoms with Crippen LogP contribution in [0.2, 0.25) is 0 Å². The lowest BCUT2D eigenvalue weighted by molar-refractivity contribution is -0.398. The van der Waals surface area contributed by atoms with Crippen LogP contribution in [0.15, 0.2) is 0 Å². The van der Waals surface area contributed by atoms with E-state index in [1.165, 1.54) is 6.92 Å². The second kappa shape index (κ2) is 10.8. The first kappa shape index (κ1) is 28.0. The molecule has 0 aromatic carbocycles. The monoisotopic (exact) mass is 502 g/mol. The summed E-state index contributed by atoms with van der Waals surface area (Å²) in [6.45, 7) is -1.45. The van der Waals surface area contributed by atoms with Crippen molar-refractivity contribution in [1.82, 2.24) is 0 Å². The molecule has 15 nitrogen and oxygen atoms in total. The molecule has 0 aromatic heterocycles. The maximum absolute atomic E-state index is 10.7. The molecule has 13 atom stereocenters. The third-order valence-corrected chi connectivity index (χ3v) is 6.55. The van der Waals surface area contributed by atoms with Crippen molar-refractivity contribution >= 4 is 0 Å². The summed E-state index contributed by atoms with van der Waals surface area (Å²) < 4.78 is 27.6. The smallest absolute Gasteiger partial charge is 0.224 e. The van der Waals surface area contributed by atoms with E-state index >= 15 is 0 Å². The lowest BCUT2D eigenvalue weighted by atomic mass is 9.99. The molecule has 15 heteroatoms. The molecule has 3 fully saturated rings. The molecule has 3 saturated heterocycles. The van der Waals surface area contributed by atoms with Crippen LogP contribution in [-0.2, 0) is 23.7 Å². The summed E-state index contributed by atoms with van der Waals surface area (Å²) in [6.07, 6.45) is -18.0. The van der Waals surface area contributed by atoms with Crippen LogP contribution in [0.5, 0.6) is 0 Å². The molecule has 0 radical (unpaired) electrons. The minimum Gasteiger partial charge on any atom is -0.394 e. The van der Waals surface area contributed by atoms with Gasteiger partial charge in [-0.25, -0.2) is 0 Å². The number of rotatable bonds is 9. The van der Waals surface area contributed by atoms with E-state index in [1.54, 1.807) is 0 Å². The fraction of sp³-hybridized carbons (Fsp3) is 1.00. The topological polar surface area (TPSA) is 248 Å². The van der Waals surface area contributed by atoms with E-state index in [9.17, 15) is 51.1 Å². The lowest BCUT2D eigenvalue weighted by Gasteiger charge is -2.44. The predicted molar refractivity (Wildman–Crippen MR) is 105 cm³/mol. The van der Waals surface area contributed by atoms with Crippen molar-refractivity contribution in [2.45, 2.75) is 92.2 Å². The summed E-state index contributed by atoms with van der Waals surface area (Å²) >= 11 is 0. The van der Waals surface area contributed by atoms with E-state index < -0.39 is 105 Å². The third kappa shape index (κ3) is 4.72. The Morgan fingerprint density at radius 1 is 0.647 bits per heavy atom. The Labute approximate surface area is 194 Å². The van der Waals surface area contributed by atoms with Gasteiger partial charge in [0.1, 0.15) is 67.6 Å². The summed E-state index contributed by atoms with van der Waals surface area (Å²) in [7, 11) is 0. The highest BCUT2D eigenvalue weighted by molar-refractivity contribution is 5.01. The van der Waals surface area contributed by atoms with Crippen LogP contribution < -0.4 is 0 Å². The van der Waals surface area contributed by atoms with Gasteiger partial charge < -0.3 is 74.7 Å². The standard InChI is InChI=1S/C19H34O15/c1-2-18(15(28)11(24)8(4-21)32-18)30-6-19(16(29)12(25)9(5-22)33-19)34-17-14(27)13(26)10(23)7(3-20)31-17/h7-17,20-29H,2-6H2,1H3/t7?,8-,9-,10-,11+,12+,13+,14?,15?,16?,17-,18-,19+/m1/s1. The van der Waals surface area contributed by atoms with Crippen molar-refractivity contribution in [3.8, 4) is 0 Å². The van der Waals surface area contributed by atoms with Crippen molar-refractivity contribution in [2.75, 3.05) is 26.4 Å². The molecular formula is C19H34O15. The molecule has 0 amide bonds. The van der Waals surface area contributed by atoms with E-state index in [4.69, 9.17) is 23.7 Å². The highest BCUT2D eigenvalue weighted by Crippen LogP contribution is 2.40. The minimum absolute atomic E-state index is 0.0556. The Morgan fingerprint density at radius 3 is 1.62 bits per heavy atom. The highest BCUT2D eigenvalue weighted by Gasteiger charge is 2.61. The molecule has 0 spiro atoms. The molecule has 34 heavy (non-hydrogen) atoms. The van der Waals surface area contributed by atoms with Gasteiger partial charge in [0.05, 0.1) is 19.8 Å². The molecule has 4 unspecified atom stereocenters. The Morgan fingerprint density at radius 2 is 1.15 bits per heavy atom. The van der Waals surface area contributed by atoms with Gasteiger partial charge in [0.2, 0.25) is 5.79 Å². The molecule has 10 N–H and O–H groups in total. The van der Waals surface area contributed by atoms with Gasteiger partial charge in [-0.3, -0.25) is 0 Å². The average Bonchev–Trinajstić information content (AvgIpc) is 3.23. The zero-order chi connectivity index (χ0) is 25.4. The molecule has 200 valence electrons. The van der Waals surface area contributed by atoms with Gasteiger partial charge in [0.25, 0.3) is 0 Å². The first-order chi connectivity index (χ1) is 16.0. The van der Waals surface area contributed by atoms with Crippen LogP contribution in [0.3, 0.4) is 0 Å². The number of ether oxygens (including phenoxy) is 5. The largest absolute Gasteiger partial charge is 0.394 e. The van der Waals surface area contributed by atoms with E-state index in [0.29, 0.717) is 0 Å². The van der Waals surface area contributed by atoms with Crippen molar-refractivity contribution in [3.63, 3.8) is 0 Å². The predicted octanol–water partition coefficient (Wildman–Crippen LogP) is -6.15. The van der Waals surface area contributed by atoms with Crippen molar-refractivity contribution < 1.29 is 74.7 Å². The first-order valence-electron chi connectivity index (χ1n) is 10.9. The summed E-state index contributed by atoms with van der Waals surface area (Å²) in [4.78, 5) is 0. The zero-order valence-electron chi connectivity index (χ0n) is 18.4. The molecular weight excluding hydrogens is 468 g/mol. The van der Waals surface area contributed by atoms with Gasteiger partial charge in [0.15, 0.2) is 12.1 Å². The summed E-state index contributed by atoms with van der Waals surface area (Å²) in [5.41, 5.74) is 0. The molecule has 3 aliphatic rings. The van der Waals surface area contributed by atoms with Gasteiger partial charge >= 0.3 is 0 Å². The summed E-state index contributed by atoms with van der Waals surface area (Å²) in [5.74, 6) is -4.28. The molecule has 0 aliphatic carbocycles. The molecule has 0 aromatic rings. The number of aliphatic hydroxyl groups is 10. The average molecular weight is 502 g/mol. The Kier molecular flexibility index (Phi) is 8.88. The van der Waals surface area contributed by atoms with Crippen LogP contribution in [0, 0.1) is 0 Å². The van der Waals surface area contributed by atoms with Crippen molar-refractivity contribution in [3.05, 3.63) is 0 Å². The SMILES string of the molecule is CC[C@@]1(OC[C@@]2(O[C@H]3OC(CO)[C@@H](O)[C@H](O)C3O)O[C@H](CO)[C@H](O)C2O)O[C@H](CO)[C@H](O)C1O. The van der Waals surface area contributed by atoms with Crippen LogP contribution in [-0.4, -0.2) is 156 Å². The van der Waals surface area contributed by atoms with Crippen LogP contribution in [0.25, 0.3) is 0 Å². The van der Waals surface area contributed by atoms with E-state index in [0.717, 1.165) is 0 Å². The number of hydrogen-bond donors (Lipinski definition) is 10. The lowest BCUT2D eigenvalue weighted by Crippen LogP contribution is -2.63. The summed E-state index contributed by atoms with van der Waals surface area (Å²) in [5, 5.41) is 100. The fourth-order valence-electron chi connectivity index (χ4n) is 4.36. The van der Waals surface area contributed by atoms with Gasteiger partial charge in [-0.05, 0) is 0 Å². The number of aliphatic hydroxyl groups excluding tert-OH is 10. The van der Waals surface area contributed by atoms with Crippen LogP contribution >= 0.6 is 0 Å². The maximum Gasteiger partial charge on any atom is 0.224 e. The van der Waals surface area contributed by atoms with E-state index in [-0.39, 0.29) is 6.42 Å².